The Labute approximate surface area is 99.3 Å². The van der Waals surface area contributed by atoms with Crippen LogP contribution in [0.3, 0.4) is 0 Å². The molecule has 3 rings (SSSR count). The summed E-state index contributed by atoms with van der Waals surface area (Å²) in [6.07, 6.45) is 6.25. The van der Waals surface area contributed by atoms with Crippen molar-refractivity contribution in [1.82, 2.24) is 20.4 Å². The van der Waals surface area contributed by atoms with Crippen molar-refractivity contribution in [2.24, 2.45) is 0 Å². The summed E-state index contributed by atoms with van der Waals surface area (Å²) in [5, 5.41) is 7.27. The van der Waals surface area contributed by atoms with Crippen molar-refractivity contribution >= 4 is 0 Å². The molecular weight excluding hydrogens is 216 g/mol. The molecule has 0 amide bonds. The molecule has 5 heteroatoms. The Balaban J connectivity index is 1.57. The van der Waals surface area contributed by atoms with Gasteiger partial charge < -0.3 is 9.84 Å². The van der Waals surface area contributed by atoms with Crippen molar-refractivity contribution in [3.63, 3.8) is 0 Å². The van der Waals surface area contributed by atoms with Gasteiger partial charge in [0.1, 0.15) is 0 Å². The molecule has 1 N–H and O–H groups in total. The molecule has 17 heavy (non-hydrogen) atoms. The highest BCUT2D eigenvalue weighted by Crippen LogP contribution is 2.28. The van der Waals surface area contributed by atoms with Crippen molar-refractivity contribution in [1.29, 1.82) is 0 Å². The largest absolute Gasteiger partial charge is 0.343 e. The molecule has 0 saturated heterocycles. The highest BCUT2D eigenvalue weighted by atomic mass is 16.5. The van der Waals surface area contributed by atoms with Crippen LogP contribution in [0.25, 0.3) is 0 Å². The molecule has 0 aliphatic heterocycles. The van der Waals surface area contributed by atoms with Crippen molar-refractivity contribution in [2.45, 2.75) is 25.3 Å². The second kappa shape index (κ2) is 4.63. The molecule has 2 heterocycles. The average Bonchev–Trinajstić information content (AvgIpc) is 2.99. The summed E-state index contributed by atoms with van der Waals surface area (Å²) in [7, 11) is 0. The maximum absolute atomic E-state index is 4.69. The van der Waals surface area contributed by atoms with Gasteiger partial charge in [0.25, 0.3) is 0 Å². The highest BCUT2D eigenvalue weighted by Gasteiger charge is 2.22. The molecule has 0 bridgehead atoms. The van der Waals surface area contributed by atoms with Gasteiger partial charge in [-0.05, 0) is 24.5 Å². The lowest BCUT2D eigenvalue weighted by Gasteiger charge is -2.11. The number of aromatic nitrogens is 3. The molecule has 1 unspecified atom stereocenters. The van der Waals surface area contributed by atoms with Crippen LogP contribution in [0, 0.1) is 0 Å². The molecule has 0 spiro atoms. The van der Waals surface area contributed by atoms with Crippen LogP contribution in [-0.4, -0.2) is 21.7 Å². The molecule has 1 aliphatic carbocycles. The Morgan fingerprint density at radius 3 is 3.29 bits per heavy atom. The second-order valence-corrected chi connectivity index (χ2v) is 4.19. The van der Waals surface area contributed by atoms with Gasteiger partial charge in [-0.2, -0.15) is 4.98 Å². The fourth-order valence-electron chi connectivity index (χ4n) is 2.27. The molecule has 88 valence electrons. The van der Waals surface area contributed by atoms with Crippen LogP contribution in [-0.2, 0) is 12.8 Å². The number of aryl methyl sites for hydroxylation is 1. The summed E-state index contributed by atoms with van der Waals surface area (Å²) in [5.41, 5.74) is 2.56. The molecular formula is C12H14N4O. The predicted octanol–water partition coefficient (Wildman–Crippen LogP) is 1.28. The van der Waals surface area contributed by atoms with E-state index in [1.54, 1.807) is 0 Å². The van der Waals surface area contributed by atoms with E-state index in [-0.39, 0.29) is 0 Å². The van der Waals surface area contributed by atoms with Crippen molar-refractivity contribution in [3.05, 3.63) is 41.8 Å². The fraction of sp³-hybridized carbons (Fsp3) is 0.417. The molecule has 2 aromatic rings. The molecule has 5 nitrogen and oxygen atoms in total. The average molecular weight is 230 g/mol. The zero-order chi connectivity index (χ0) is 11.5. The Hall–Kier alpha value is -1.75. The normalized spacial score (nSPS) is 18.2. The van der Waals surface area contributed by atoms with Crippen molar-refractivity contribution < 1.29 is 4.52 Å². The lowest BCUT2D eigenvalue weighted by molar-refractivity contribution is 0.408. The number of nitrogens with zero attached hydrogens (tertiary/aromatic N) is 3. The third-order valence-corrected chi connectivity index (χ3v) is 3.10. The van der Waals surface area contributed by atoms with E-state index in [0.29, 0.717) is 6.04 Å². The van der Waals surface area contributed by atoms with Gasteiger partial charge in [0.15, 0.2) is 5.82 Å². The van der Waals surface area contributed by atoms with Crippen molar-refractivity contribution in [3.8, 4) is 0 Å². The van der Waals surface area contributed by atoms with Gasteiger partial charge in [0.05, 0.1) is 11.7 Å². The van der Waals surface area contributed by atoms with E-state index in [0.717, 1.165) is 31.6 Å². The van der Waals surface area contributed by atoms with Crippen LogP contribution >= 0.6 is 0 Å². The molecule has 1 aliphatic rings. The summed E-state index contributed by atoms with van der Waals surface area (Å²) in [6.45, 7) is 0.847. The first-order chi connectivity index (χ1) is 8.43. The summed E-state index contributed by atoms with van der Waals surface area (Å²) < 4.78 is 4.69. The van der Waals surface area contributed by atoms with Gasteiger partial charge in [0, 0.05) is 19.2 Å². The van der Waals surface area contributed by atoms with Gasteiger partial charge in [-0.25, -0.2) is 0 Å². The topological polar surface area (TPSA) is 63.8 Å². The number of pyridine rings is 1. The first kappa shape index (κ1) is 10.4. The third kappa shape index (κ3) is 2.19. The minimum atomic E-state index is 0.373. The Morgan fingerprint density at radius 2 is 2.41 bits per heavy atom. The lowest BCUT2D eigenvalue weighted by atomic mass is 10.2. The third-order valence-electron chi connectivity index (χ3n) is 3.10. The van der Waals surface area contributed by atoms with E-state index in [2.05, 4.69) is 26.5 Å². The Morgan fingerprint density at radius 1 is 1.41 bits per heavy atom. The number of rotatable bonds is 4. The van der Waals surface area contributed by atoms with E-state index in [9.17, 15) is 0 Å². The van der Waals surface area contributed by atoms with Gasteiger partial charge in [-0.1, -0.05) is 11.2 Å². The molecule has 0 radical (unpaired) electrons. The van der Waals surface area contributed by atoms with Crippen LogP contribution in [0.5, 0.6) is 0 Å². The summed E-state index contributed by atoms with van der Waals surface area (Å²) in [4.78, 5) is 8.44. The standard InChI is InChI=1S/C12H14N4O/c1-2-9-3-4-10(12(9)14-6-1)13-7-5-11-15-8-17-16-11/h1-2,6,8,10,13H,3-5,7H2. The fourth-order valence-corrected chi connectivity index (χ4v) is 2.27. The van der Waals surface area contributed by atoms with E-state index in [1.807, 2.05) is 12.3 Å². The minimum Gasteiger partial charge on any atom is -0.343 e. The number of nitrogens with one attached hydrogen (secondary N) is 1. The van der Waals surface area contributed by atoms with Gasteiger partial charge in [-0.15, -0.1) is 0 Å². The van der Waals surface area contributed by atoms with E-state index in [4.69, 9.17) is 4.52 Å². The smallest absolute Gasteiger partial charge is 0.213 e. The lowest BCUT2D eigenvalue weighted by Crippen LogP contribution is -2.22. The van der Waals surface area contributed by atoms with Gasteiger partial charge in [0.2, 0.25) is 6.39 Å². The first-order valence-electron chi connectivity index (χ1n) is 5.86. The Kier molecular flexibility index (Phi) is 2.83. The van der Waals surface area contributed by atoms with E-state index in [1.165, 1.54) is 17.7 Å². The Bertz CT molecular complexity index is 483. The van der Waals surface area contributed by atoms with Crippen LogP contribution in [0.15, 0.2) is 29.2 Å². The van der Waals surface area contributed by atoms with E-state index < -0.39 is 0 Å². The number of hydrogen-bond donors (Lipinski definition) is 1. The highest BCUT2D eigenvalue weighted by molar-refractivity contribution is 5.27. The molecule has 2 aromatic heterocycles. The molecule has 0 aromatic carbocycles. The van der Waals surface area contributed by atoms with Gasteiger partial charge in [-0.3, -0.25) is 4.98 Å². The number of fused-ring (bicyclic) bond motifs is 1. The zero-order valence-corrected chi connectivity index (χ0v) is 9.47. The molecule has 0 saturated carbocycles. The summed E-state index contributed by atoms with van der Waals surface area (Å²) in [5.74, 6) is 0.747. The zero-order valence-electron chi connectivity index (χ0n) is 9.47. The van der Waals surface area contributed by atoms with Crippen LogP contribution in [0.4, 0.5) is 0 Å². The first-order valence-corrected chi connectivity index (χ1v) is 5.86. The molecule has 0 fully saturated rings. The van der Waals surface area contributed by atoms with Crippen molar-refractivity contribution in [2.75, 3.05) is 6.54 Å². The monoisotopic (exact) mass is 230 g/mol. The summed E-state index contributed by atoms with van der Waals surface area (Å²) >= 11 is 0. The van der Waals surface area contributed by atoms with E-state index >= 15 is 0 Å². The summed E-state index contributed by atoms with van der Waals surface area (Å²) in [6, 6.07) is 4.53. The predicted molar refractivity (Wildman–Crippen MR) is 61.3 cm³/mol. The minimum absolute atomic E-state index is 0.373. The van der Waals surface area contributed by atoms with Crippen LogP contribution in [0.1, 0.15) is 29.5 Å². The maximum Gasteiger partial charge on any atom is 0.213 e. The van der Waals surface area contributed by atoms with Crippen LogP contribution in [0.2, 0.25) is 0 Å². The molecule has 1 atom stereocenters. The number of hydrogen-bond acceptors (Lipinski definition) is 5. The second-order valence-electron chi connectivity index (χ2n) is 4.19. The quantitative estimate of drug-likeness (QED) is 0.857. The maximum atomic E-state index is 4.69. The van der Waals surface area contributed by atoms with Crippen LogP contribution < -0.4 is 5.32 Å². The van der Waals surface area contributed by atoms with Gasteiger partial charge >= 0.3 is 0 Å². The SMILES string of the molecule is c1cnc2c(c1)CCC2NCCc1ncon1.